The van der Waals surface area contributed by atoms with Crippen molar-refractivity contribution < 1.29 is 58.4 Å². The van der Waals surface area contributed by atoms with E-state index in [1.54, 1.807) is 62.5 Å². The number of fused-ring (bicyclic) bond motifs is 2. The number of benzene rings is 6. The number of esters is 2. The smallest absolute Gasteiger partial charge is 0.338 e. The molecule has 21 heteroatoms. The topological polar surface area (TPSA) is 278 Å². The number of aromatic nitrogens is 2. The van der Waals surface area contributed by atoms with Crippen molar-refractivity contribution in [2.24, 2.45) is 9.98 Å². The molecule has 456 valence electrons. The zero-order valence-corrected chi connectivity index (χ0v) is 50.2. The number of rotatable bonds is 15. The van der Waals surface area contributed by atoms with Gasteiger partial charge in [0.1, 0.15) is 5.78 Å². The predicted octanol–water partition coefficient (Wildman–Crippen LogP) is 8.48. The Kier molecular flexibility index (Phi) is 21.3. The lowest BCUT2D eigenvalue weighted by atomic mass is 9.98. The van der Waals surface area contributed by atoms with Gasteiger partial charge in [-0.15, -0.1) is 0 Å². The first-order valence-corrected chi connectivity index (χ1v) is 28.6. The van der Waals surface area contributed by atoms with Crippen LogP contribution >= 0.6 is 0 Å². The van der Waals surface area contributed by atoms with Crippen molar-refractivity contribution >= 4 is 86.0 Å². The maximum absolute atomic E-state index is 13.2. The van der Waals surface area contributed by atoms with E-state index >= 15 is 0 Å². The molecule has 10 rings (SSSR count). The lowest BCUT2D eigenvalue weighted by molar-refractivity contribution is -0.122. The number of carbonyl (C=O) groups is 7. The number of ketones is 1. The highest BCUT2D eigenvalue weighted by atomic mass is 16.5. The van der Waals surface area contributed by atoms with Gasteiger partial charge in [0.05, 0.1) is 83.4 Å². The number of aromatic amines is 1. The lowest BCUT2D eigenvalue weighted by Crippen LogP contribution is -2.49. The fourth-order valence-electron chi connectivity index (χ4n) is 10.4. The number of likely N-dealkylation sites (N-methyl/N-ethyl adjacent to an activating group) is 1. The Hall–Kier alpha value is -10.1. The Bertz CT molecular complexity index is 3930. The molecular formula is C67H71N9O12. The maximum atomic E-state index is 13.2. The number of aromatic carboxylic acids is 1. The number of hydrogen-bond donors (Lipinski definition) is 6. The van der Waals surface area contributed by atoms with Crippen LogP contribution in [0.15, 0.2) is 143 Å². The van der Waals surface area contributed by atoms with Crippen LogP contribution in [0.3, 0.4) is 0 Å². The van der Waals surface area contributed by atoms with E-state index in [1.807, 2.05) is 85.5 Å². The van der Waals surface area contributed by atoms with Gasteiger partial charge in [-0.1, -0.05) is 67.6 Å². The minimum absolute atomic E-state index is 0.0542. The summed E-state index contributed by atoms with van der Waals surface area (Å²) in [5.74, 6) is -2.64. The third-order valence-electron chi connectivity index (χ3n) is 15.1. The highest BCUT2D eigenvalue weighted by molar-refractivity contribution is 6.24. The van der Waals surface area contributed by atoms with Crippen molar-refractivity contribution in [3.63, 3.8) is 0 Å². The molecule has 2 aliphatic heterocycles. The Morgan fingerprint density at radius 2 is 1.10 bits per heavy atom. The Morgan fingerprint density at radius 3 is 1.60 bits per heavy atom. The molecule has 6 aromatic carbocycles. The molecule has 2 amide bonds. The molecule has 2 fully saturated rings. The SMILES string of the molecule is CCC(=O)CN1CCN(C(=O)c2ccc(N=C(c3ccccc3)c3c(O)[nH]c4cc(C(=O)OC)c(C)cc34)cc2)CC1.CNC(=O)CN1CCNCC1.COC(=O)c1cc2c(cc1C)c(C(=Nc1ccc(C(=O)O)cc1)c1ccccc1)c(O)n2C(C)=O. The second-order valence-electron chi connectivity index (χ2n) is 21.0. The van der Waals surface area contributed by atoms with Crippen LogP contribution in [0.2, 0.25) is 0 Å². The number of amides is 2. The number of carbonyl (C=O) groups excluding carboxylic acids is 6. The summed E-state index contributed by atoms with van der Waals surface area (Å²) in [5.41, 5.74) is 7.87. The van der Waals surface area contributed by atoms with E-state index in [2.05, 4.69) is 25.4 Å². The van der Waals surface area contributed by atoms with Crippen LogP contribution in [-0.2, 0) is 19.1 Å². The molecule has 0 radical (unpaired) electrons. The third kappa shape index (κ3) is 15.1. The molecule has 8 aromatic rings. The maximum Gasteiger partial charge on any atom is 0.338 e. The number of H-pyrrole nitrogens is 1. The van der Waals surface area contributed by atoms with Gasteiger partial charge in [-0.3, -0.25) is 33.5 Å². The number of methoxy groups -OCH3 is 2. The molecule has 0 atom stereocenters. The molecule has 6 N–H and O–H groups in total. The Morgan fingerprint density at radius 1 is 0.602 bits per heavy atom. The molecule has 0 spiro atoms. The standard InChI is InChI=1S/C33H34N4O5.C27H22N2O6.C7H15N3O/c1-4-25(38)20-36-14-16-37(17-15-36)32(40)23-10-12-24(13-11-23)34-30(22-8-6-5-7-9-22)29-27-18-21(2)26(33(41)42-3)19-28(27)35-31(29)39;1-15-13-21-22(14-20(15)27(34)35-3)29(16(2)30)25(31)23(21)24(17-7-5-4-6-8-17)28-19-11-9-18(10-12-19)26(32)33;1-8-7(11)6-10-4-2-9-3-5-10/h5-13,18-19,35,39H,4,14-17,20H2,1-3H3;4-14,31H,1-3H3,(H,32,33);9H,2-6H2,1H3,(H,8,11). The van der Waals surface area contributed by atoms with Crippen molar-refractivity contribution in [3.8, 4) is 11.8 Å². The fraction of sp³-hybridized carbons (Fsp3) is 0.269. The predicted molar refractivity (Wildman–Crippen MR) is 336 cm³/mol. The highest BCUT2D eigenvalue weighted by Gasteiger charge is 2.28. The summed E-state index contributed by atoms with van der Waals surface area (Å²) in [6.07, 6.45) is 0.524. The van der Waals surface area contributed by atoms with Gasteiger partial charge >= 0.3 is 17.9 Å². The van der Waals surface area contributed by atoms with Crippen molar-refractivity contribution in [3.05, 3.63) is 189 Å². The molecule has 2 aliphatic rings. The van der Waals surface area contributed by atoms with Crippen molar-refractivity contribution in [2.45, 2.75) is 34.1 Å². The number of Topliss-reactive ketones (excluding diaryl/α,β-unsaturated/α-hetero) is 1. The van der Waals surface area contributed by atoms with Gasteiger partial charge < -0.3 is 45.3 Å². The normalized spacial score (nSPS) is 13.8. The molecule has 0 bridgehead atoms. The average molecular weight is 1190 g/mol. The minimum Gasteiger partial charge on any atom is -0.494 e. The van der Waals surface area contributed by atoms with E-state index in [-0.39, 0.29) is 40.5 Å². The molecule has 2 saturated heterocycles. The van der Waals surface area contributed by atoms with E-state index in [1.165, 1.54) is 39.3 Å². The number of carboxylic acids is 1. The van der Waals surface area contributed by atoms with Crippen LogP contribution in [0, 0.1) is 13.8 Å². The van der Waals surface area contributed by atoms with Gasteiger partial charge in [-0.2, -0.15) is 0 Å². The fourth-order valence-corrected chi connectivity index (χ4v) is 10.4. The highest BCUT2D eigenvalue weighted by Crippen LogP contribution is 2.37. The molecule has 21 nitrogen and oxygen atoms in total. The van der Waals surface area contributed by atoms with Crippen LogP contribution in [0.25, 0.3) is 21.8 Å². The largest absolute Gasteiger partial charge is 0.494 e. The second kappa shape index (κ2) is 29.3. The van der Waals surface area contributed by atoms with Crippen molar-refractivity contribution in [2.75, 3.05) is 86.7 Å². The first kappa shape index (κ1) is 63.9. The number of nitrogens with one attached hydrogen (secondary N) is 3. The monoisotopic (exact) mass is 1190 g/mol. The first-order valence-electron chi connectivity index (χ1n) is 28.6. The second-order valence-corrected chi connectivity index (χ2v) is 21.0. The average Bonchev–Trinajstić information content (AvgIpc) is 1.90. The number of ether oxygens (including phenoxy) is 2. The number of carboxylic acid groups (broad SMARTS) is 1. The van der Waals surface area contributed by atoms with Gasteiger partial charge in [0.15, 0.2) is 5.88 Å². The first-order chi connectivity index (χ1) is 42.3. The summed E-state index contributed by atoms with van der Waals surface area (Å²) in [7, 11) is 4.28. The van der Waals surface area contributed by atoms with E-state index in [0.717, 1.165) is 36.3 Å². The van der Waals surface area contributed by atoms with Gasteiger partial charge in [0.2, 0.25) is 17.7 Å². The quantitative estimate of drug-likeness (QED) is 0.0415. The minimum atomic E-state index is -1.05. The van der Waals surface area contributed by atoms with Crippen LogP contribution in [0.5, 0.6) is 11.8 Å². The third-order valence-corrected chi connectivity index (χ3v) is 15.1. The summed E-state index contributed by atoms with van der Waals surface area (Å²) in [6, 6.07) is 38.5. The molecule has 88 heavy (non-hydrogen) atoms. The van der Waals surface area contributed by atoms with E-state index in [0.29, 0.717) is 129 Å². The number of nitrogens with zero attached hydrogens (tertiary/aromatic N) is 6. The lowest BCUT2D eigenvalue weighted by Gasteiger charge is -2.34. The van der Waals surface area contributed by atoms with Gasteiger partial charge in [-0.25, -0.2) is 24.4 Å². The number of piperazine rings is 2. The number of hydrogen-bond acceptors (Lipinski definition) is 16. The summed E-state index contributed by atoms with van der Waals surface area (Å²) >= 11 is 0. The van der Waals surface area contributed by atoms with E-state index in [9.17, 15) is 48.9 Å². The summed E-state index contributed by atoms with van der Waals surface area (Å²) in [4.78, 5) is 103. The van der Waals surface area contributed by atoms with Crippen molar-refractivity contribution in [1.29, 1.82) is 0 Å². The molecule has 0 saturated carbocycles. The van der Waals surface area contributed by atoms with Gasteiger partial charge in [0, 0.05) is 106 Å². The summed E-state index contributed by atoms with van der Waals surface area (Å²) in [6.45, 7) is 14.2. The number of aryl methyl sites for hydroxylation is 2. The summed E-state index contributed by atoms with van der Waals surface area (Å²) in [5, 5.41) is 38.6. The van der Waals surface area contributed by atoms with E-state index < -0.39 is 23.8 Å². The zero-order valence-electron chi connectivity index (χ0n) is 50.2. The van der Waals surface area contributed by atoms with Crippen molar-refractivity contribution in [1.82, 2.24) is 34.9 Å². The Labute approximate surface area is 508 Å². The zero-order chi connectivity index (χ0) is 63.2. The molecule has 0 aliphatic carbocycles. The van der Waals surface area contributed by atoms with Crippen LogP contribution in [0.1, 0.15) is 99.9 Å². The molecular weight excluding hydrogens is 1120 g/mol. The number of aromatic hydroxyl groups is 2. The van der Waals surface area contributed by atoms with Crippen LogP contribution in [-0.4, -0.2) is 179 Å². The van der Waals surface area contributed by atoms with Crippen LogP contribution in [0.4, 0.5) is 11.4 Å². The number of aliphatic imine (C=N–C) groups is 2. The molecule has 0 unspecified atom stereocenters. The van der Waals surface area contributed by atoms with Gasteiger partial charge in [0.25, 0.3) is 5.91 Å². The van der Waals surface area contributed by atoms with Gasteiger partial charge in [-0.05, 0) is 97.8 Å². The Balaban J connectivity index is 0.000000196. The summed E-state index contributed by atoms with van der Waals surface area (Å²) < 4.78 is 10.9. The molecule has 2 aromatic heterocycles. The van der Waals surface area contributed by atoms with Crippen LogP contribution < -0.4 is 10.6 Å². The molecule has 4 heterocycles. The van der Waals surface area contributed by atoms with E-state index in [4.69, 9.17) is 19.5 Å².